The molecule has 2 aliphatic rings. The number of aromatic amines is 1. The van der Waals surface area contributed by atoms with Crippen molar-refractivity contribution >= 4 is 34.6 Å². The van der Waals surface area contributed by atoms with Crippen molar-refractivity contribution in [3.63, 3.8) is 0 Å². The second kappa shape index (κ2) is 8.85. The van der Waals surface area contributed by atoms with E-state index in [4.69, 9.17) is 11.6 Å². The Morgan fingerprint density at radius 1 is 1.09 bits per heavy atom. The molecule has 1 aliphatic heterocycles. The van der Waals surface area contributed by atoms with Crippen molar-refractivity contribution < 1.29 is 9.59 Å². The van der Waals surface area contributed by atoms with Crippen LogP contribution in [-0.2, 0) is 13.0 Å². The van der Waals surface area contributed by atoms with E-state index in [1.54, 1.807) is 11.3 Å². The Kier molecular flexibility index (Phi) is 5.93. The highest BCUT2D eigenvalue weighted by Crippen LogP contribution is 2.34. The summed E-state index contributed by atoms with van der Waals surface area (Å²) in [6.07, 6.45) is 2.29. The summed E-state index contributed by atoms with van der Waals surface area (Å²) in [4.78, 5) is 35.5. The maximum atomic E-state index is 13.2. The molecule has 1 fully saturated rings. The third-order valence-electron chi connectivity index (χ3n) is 6.49. The largest absolute Gasteiger partial charge is 0.354 e. The van der Waals surface area contributed by atoms with Crippen molar-refractivity contribution in [3.05, 3.63) is 68.8 Å². The molecule has 3 heterocycles. The molecular weight excluding hydrogens is 442 g/mol. The average molecular weight is 468 g/mol. The third-order valence-corrected chi connectivity index (χ3v) is 7.92. The Morgan fingerprint density at radius 3 is 2.62 bits per heavy atom. The van der Waals surface area contributed by atoms with Gasteiger partial charge in [-0.05, 0) is 43.5 Å². The molecule has 1 N–H and O–H groups in total. The summed E-state index contributed by atoms with van der Waals surface area (Å²) < 4.78 is 0. The molecule has 1 aliphatic carbocycles. The summed E-state index contributed by atoms with van der Waals surface area (Å²) in [5.74, 6) is 0.178. The van der Waals surface area contributed by atoms with Crippen LogP contribution in [0.25, 0.3) is 10.4 Å². The highest BCUT2D eigenvalue weighted by molar-refractivity contribution is 7.15. The van der Waals surface area contributed by atoms with E-state index in [1.165, 1.54) is 9.75 Å². The molecule has 1 amide bonds. The number of piperazine rings is 1. The van der Waals surface area contributed by atoms with Crippen LogP contribution in [0.4, 0.5) is 0 Å². The number of carbonyl (C=O) groups is 2. The number of hydrogen-bond acceptors (Lipinski definition) is 4. The summed E-state index contributed by atoms with van der Waals surface area (Å²) in [5, 5.41) is 0.774. The third kappa shape index (κ3) is 4.03. The van der Waals surface area contributed by atoms with Crippen LogP contribution in [0.3, 0.4) is 0 Å². The summed E-state index contributed by atoms with van der Waals surface area (Å²) in [6.45, 7) is 5.83. The van der Waals surface area contributed by atoms with Crippen LogP contribution in [0.15, 0.2) is 36.4 Å². The lowest BCUT2D eigenvalue weighted by Gasteiger charge is -2.34. The first-order valence-electron chi connectivity index (χ1n) is 11.1. The summed E-state index contributed by atoms with van der Waals surface area (Å²) in [6, 6.07) is 12.2. The number of ketones is 1. The van der Waals surface area contributed by atoms with E-state index in [-0.39, 0.29) is 11.7 Å². The first-order valence-corrected chi connectivity index (χ1v) is 12.3. The van der Waals surface area contributed by atoms with Crippen molar-refractivity contribution in [2.45, 2.75) is 32.7 Å². The highest BCUT2D eigenvalue weighted by atomic mass is 35.5. The van der Waals surface area contributed by atoms with Gasteiger partial charge in [-0.3, -0.25) is 14.5 Å². The van der Waals surface area contributed by atoms with Gasteiger partial charge >= 0.3 is 0 Å². The van der Waals surface area contributed by atoms with Crippen LogP contribution >= 0.6 is 22.9 Å². The molecule has 166 valence electrons. The highest BCUT2D eigenvalue weighted by Gasteiger charge is 2.30. The zero-order chi connectivity index (χ0) is 22.2. The van der Waals surface area contributed by atoms with Crippen LogP contribution in [0, 0.1) is 6.92 Å². The number of amides is 1. The molecule has 0 saturated carbocycles. The number of hydrogen-bond donors (Lipinski definition) is 1. The fraction of sp³-hybridized carbons (Fsp3) is 0.360. The Labute approximate surface area is 197 Å². The lowest BCUT2D eigenvalue weighted by atomic mass is 9.93. The first-order chi connectivity index (χ1) is 15.5. The number of rotatable bonds is 4. The normalized spacial score (nSPS) is 16.9. The quantitative estimate of drug-likeness (QED) is 0.575. The number of benzene rings is 1. The van der Waals surface area contributed by atoms with E-state index in [0.29, 0.717) is 25.2 Å². The van der Waals surface area contributed by atoms with Gasteiger partial charge in [0.2, 0.25) is 0 Å². The van der Waals surface area contributed by atoms with Gasteiger partial charge in [-0.1, -0.05) is 29.8 Å². The minimum atomic E-state index is 0.0153. The van der Waals surface area contributed by atoms with Crippen molar-refractivity contribution in [2.24, 2.45) is 0 Å². The van der Waals surface area contributed by atoms with E-state index in [0.717, 1.165) is 59.9 Å². The van der Waals surface area contributed by atoms with Gasteiger partial charge in [0.25, 0.3) is 5.91 Å². The molecule has 0 spiro atoms. The van der Waals surface area contributed by atoms with Crippen LogP contribution in [0.2, 0.25) is 5.02 Å². The Hall–Kier alpha value is -2.41. The van der Waals surface area contributed by atoms with E-state index in [1.807, 2.05) is 30.0 Å². The van der Waals surface area contributed by atoms with Gasteiger partial charge in [-0.15, -0.1) is 11.3 Å². The van der Waals surface area contributed by atoms with Gasteiger partial charge in [-0.2, -0.15) is 0 Å². The molecule has 0 bridgehead atoms. The number of thiophene rings is 1. The minimum absolute atomic E-state index is 0.0153. The second-order valence-corrected chi connectivity index (χ2v) is 10.1. The van der Waals surface area contributed by atoms with E-state index in [2.05, 4.69) is 28.1 Å². The zero-order valence-electron chi connectivity index (χ0n) is 18.1. The number of H-pyrrole nitrogens is 1. The monoisotopic (exact) mass is 467 g/mol. The molecule has 0 unspecified atom stereocenters. The van der Waals surface area contributed by atoms with E-state index >= 15 is 0 Å². The van der Waals surface area contributed by atoms with Gasteiger partial charge in [0.1, 0.15) is 5.69 Å². The number of aryl methyl sites for hydroxylation is 1. The van der Waals surface area contributed by atoms with Gasteiger partial charge < -0.3 is 9.88 Å². The molecule has 5 nitrogen and oxygen atoms in total. The maximum absolute atomic E-state index is 13.2. The number of aromatic nitrogens is 1. The summed E-state index contributed by atoms with van der Waals surface area (Å²) in [7, 11) is 0. The number of carbonyl (C=O) groups excluding carboxylic acids is 2. The minimum Gasteiger partial charge on any atom is -0.354 e. The van der Waals surface area contributed by atoms with Gasteiger partial charge in [0.05, 0.1) is 0 Å². The number of halogens is 1. The number of Topliss-reactive ketones (excluding diaryl/α,β-unsaturated/α-hetero) is 1. The fourth-order valence-electron chi connectivity index (χ4n) is 4.74. The van der Waals surface area contributed by atoms with E-state index < -0.39 is 0 Å². The number of fused-ring (bicyclic) bond motifs is 1. The lowest BCUT2D eigenvalue weighted by Crippen LogP contribution is -2.48. The van der Waals surface area contributed by atoms with Crippen molar-refractivity contribution in [1.29, 1.82) is 0 Å². The molecule has 0 atom stereocenters. The molecule has 5 rings (SSSR count). The van der Waals surface area contributed by atoms with E-state index in [9.17, 15) is 9.59 Å². The molecule has 1 saturated heterocycles. The van der Waals surface area contributed by atoms with Crippen molar-refractivity contribution in [3.8, 4) is 10.4 Å². The summed E-state index contributed by atoms with van der Waals surface area (Å²) in [5.41, 5.74) is 4.19. The molecule has 2 aromatic heterocycles. The van der Waals surface area contributed by atoms with Crippen molar-refractivity contribution in [1.82, 2.24) is 14.8 Å². The molecule has 0 radical (unpaired) electrons. The number of nitrogens with one attached hydrogen (secondary N) is 1. The zero-order valence-corrected chi connectivity index (χ0v) is 19.7. The molecule has 7 heteroatoms. The smallest absolute Gasteiger partial charge is 0.270 e. The van der Waals surface area contributed by atoms with Gasteiger partial charge in [0.15, 0.2) is 5.78 Å². The van der Waals surface area contributed by atoms with Gasteiger partial charge in [0, 0.05) is 70.7 Å². The second-order valence-electron chi connectivity index (χ2n) is 8.57. The standard InChI is InChI=1S/C25H26ClN3O2S/c1-16-23-20(7-4-8-21(23)30)27-24(16)25(31)29-13-11-28(12-14-29)15-17-9-10-22(32-17)18-5-2-3-6-19(18)26/h2-3,5-6,9-10,27H,4,7-8,11-15H2,1H3. The Bertz CT molecular complexity index is 1170. The average Bonchev–Trinajstić information content (AvgIpc) is 3.39. The predicted molar refractivity (Wildman–Crippen MR) is 129 cm³/mol. The topological polar surface area (TPSA) is 56.4 Å². The van der Waals surface area contributed by atoms with Crippen LogP contribution < -0.4 is 0 Å². The number of nitrogens with zero attached hydrogens (tertiary/aromatic N) is 2. The maximum Gasteiger partial charge on any atom is 0.270 e. The van der Waals surface area contributed by atoms with Gasteiger partial charge in [-0.25, -0.2) is 0 Å². The predicted octanol–water partition coefficient (Wildman–Crippen LogP) is 5.18. The molecule has 1 aromatic carbocycles. The molecular formula is C25H26ClN3O2S. The first kappa shape index (κ1) is 21.4. The van der Waals surface area contributed by atoms with Crippen LogP contribution in [0.5, 0.6) is 0 Å². The lowest BCUT2D eigenvalue weighted by molar-refractivity contribution is 0.0623. The summed E-state index contributed by atoms with van der Waals surface area (Å²) >= 11 is 8.12. The Balaban J connectivity index is 1.21. The Morgan fingerprint density at radius 2 is 1.88 bits per heavy atom. The van der Waals surface area contributed by atoms with Crippen LogP contribution in [-0.4, -0.2) is 52.7 Å². The fourth-order valence-corrected chi connectivity index (χ4v) is 6.13. The molecule has 32 heavy (non-hydrogen) atoms. The molecule has 3 aromatic rings. The SMILES string of the molecule is Cc1c(C(=O)N2CCN(Cc3ccc(-c4ccccc4Cl)s3)CC2)[nH]c2c1C(=O)CCC2. The van der Waals surface area contributed by atoms with Crippen molar-refractivity contribution in [2.75, 3.05) is 26.2 Å². The van der Waals surface area contributed by atoms with Crippen LogP contribution in [0.1, 0.15) is 49.8 Å².